The van der Waals surface area contributed by atoms with Crippen molar-refractivity contribution in [2.45, 2.75) is 6.92 Å². The Kier molecular flexibility index (Phi) is 4.95. The van der Waals surface area contributed by atoms with E-state index >= 15 is 0 Å². The van der Waals surface area contributed by atoms with Gasteiger partial charge in [0.1, 0.15) is 5.52 Å². The Balaban J connectivity index is 1.40. The van der Waals surface area contributed by atoms with E-state index in [1.54, 1.807) is 0 Å². The maximum absolute atomic E-state index is 4.62. The normalized spacial score (nSPS) is 11.9. The molecule has 0 aliphatic heterocycles. The minimum absolute atomic E-state index is 0.359. The summed E-state index contributed by atoms with van der Waals surface area (Å²) in [6.45, 7) is 1.95. The third kappa shape index (κ3) is 3.68. The zero-order valence-corrected chi connectivity index (χ0v) is 18.6. The predicted molar refractivity (Wildman–Crippen MR) is 129 cm³/mol. The van der Waals surface area contributed by atoms with Crippen LogP contribution >= 0.6 is 15.9 Å². The summed E-state index contributed by atoms with van der Waals surface area (Å²) in [7, 11) is 1.97. The minimum Gasteiger partial charge on any atom is -0.327 e. The number of anilines is 1. The van der Waals surface area contributed by atoms with Crippen molar-refractivity contribution in [3.05, 3.63) is 82.8 Å². The number of rotatable bonds is 4. The van der Waals surface area contributed by atoms with Gasteiger partial charge in [0.25, 0.3) is 5.95 Å². The summed E-state index contributed by atoms with van der Waals surface area (Å²) >= 11 is 3.51. The van der Waals surface area contributed by atoms with Gasteiger partial charge in [0.05, 0.1) is 11.2 Å². The summed E-state index contributed by atoms with van der Waals surface area (Å²) < 4.78 is 3.01. The fourth-order valence-corrected chi connectivity index (χ4v) is 3.97. The molecular weight excluding hydrogens is 452 g/mol. The van der Waals surface area contributed by atoms with E-state index in [0.717, 1.165) is 37.8 Å². The molecule has 1 N–H and O–H groups in total. The molecule has 5 aromatic rings. The molecule has 0 aliphatic carbocycles. The number of aromatic nitrogens is 4. The van der Waals surface area contributed by atoms with Crippen molar-refractivity contribution >= 4 is 49.7 Å². The van der Waals surface area contributed by atoms with Crippen molar-refractivity contribution in [1.29, 1.82) is 0 Å². The lowest BCUT2D eigenvalue weighted by molar-refractivity contribution is 0.949. The van der Waals surface area contributed by atoms with Crippen molar-refractivity contribution in [1.82, 2.24) is 19.7 Å². The van der Waals surface area contributed by atoms with Crippen molar-refractivity contribution in [3.63, 3.8) is 0 Å². The number of hydrogen-bond donors (Lipinski definition) is 1. The Morgan fingerprint density at radius 1 is 0.935 bits per heavy atom. The minimum atomic E-state index is 0.359. The lowest BCUT2D eigenvalue weighted by Gasteiger charge is -2.05. The highest BCUT2D eigenvalue weighted by Gasteiger charge is 2.13. The van der Waals surface area contributed by atoms with Crippen LogP contribution in [-0.4, -0.2) is 25.5 Å². The Bertz CT molecular complexity index is 1420. The average Bonchev–Trinajstić information content (AvgIpc) is 3.09. The molecule has 0 amide bonds. The van der Waals surface area contributed by atoms with E-state index < -0.39 is 0 Å². The second kappa shape index (κ2) is 7.92. The summed E-state index contributed by atoms with van der Waals surface area (Å²) in [5, 5.41) is 14.1. The van der Waals surface area contributed by atoms with Gasteiger partial charge < -0.3 is 4.57 Å². The van der Waals surface area contributed by atoms with Gasteiger partial charge in [-0.25, -0.2) is 5.43 Å². The van der Waals surface area contributed by atoms with Gasteiger partial charge >= 0.3 is 0 Å². The van der Waals surface area contributed by atoms with Crippen LogP contribution in [0.4, 0.5) is 5.95 Å². The SMILES string of the molecule is C/C(=N/Nc1nnc2c3cc(Br)ccc3n(C)c2n1)c1ccc(-c2ccccc2)cc1. The molecule has 0 fully saturated rings. The van der Waals surface area contributed by atoms with Crippen LogP contribution in [0.2, 0.25) is 0 Å². The molecule has 5 rings (SSSR count). The molecule has 0 spiro atoms. The molecule has 0 unspecified atom stereocenters. The predicted octanol–water partition coefficient (Wildman–Crippen LogP) is 5.78. The number of aryl methyl sites for hydroxylation is 1. The highest BCUT2D eigenvalue weighted by atomic mass is 79.9. The molecule has 3 aromatic carbocycles. The van der Waals surface area contributed by atoms with Crippen LogP contribution in [0.15, 0.2) is 82.4 Å². The molecule has 31 heavy (non-hydrogen) atoms. The molecule has 0 aliphatic rings. The van der Waals surface area contributed by atoms with Gasteiger partial charge in [-0.3, -0.25) is 0 Å². The number of halogens is 1. The molecule has 7 heteroatoms. The van der Waals surface area contributed by atoms with Gasteiger partial charge in [0, 0.05) is 16.9 Å². The zero-order valence-electron chi connectivity index (χ0n) is 17.0. The third-order valence-corrected chi connectivity index (χ3v) is 5.79. The largest absolute Gasteiger partial charge is 0.327 e. The molecule has 152 valence electrons. The van der Waals surface area contributed by atoms with E-state index in [9.17, 15) is 0 Å². The van der Waals surface area contributed by atoms with E-state index in [1.807, 2.05) is 54.9 Å². The number of nitrogens with one attached hydrogen (secondary N) is 1. The molecule has 0 saturated carbocycles. The summed E-state index contributed by atoms with van der Waals surface area (Å²) in [5.41, 5.74) is 9.74. The van der Waals surface area contributed by atoms with Gasteiger partial charge in [-0.1, -0.05) is 70.5 Å². The average molecular weight is 471 g/mol. The van der Waals surface area contributed by atoms with Crippen LogP contribution in [0.25, 0.3) is 33.2 Å². The summed E-state index contributed by atoms with van der Waals surface area (Å²) in [6.07, 6.45) is 0. The van der Waals surface area contributed by atoms with Crippen LogP contribution in [0.5, 0.6) is 0 Å². The van der Waals surface area contributed by atoms with Crippen LogP contribution in [0, 0.1) is 0 Å². The molecule has 0 bridgehead atoms. The lowest BCUT2D eigenvalue weighted by Crippen LogP contribution is -2.04. The van der Waals surface area contributed by atoms with E-state index in [0.29, 0.717) is 5.95 Å². The van der Waals surface area contributed by atoms with Crippen LogP contribution in [-0.2, 0) is 7.05 Å². The zero-order chi connectivity index (χ0) is 21.4. The number of hydrazone groups is 1. The molecule has 0 saturated heterocycles. The number of fused-ring (bicyclic) bond motifs is 3. The summed E-state index contributed by atoms with van der Waals surface area (Å²) in [5.74, 6) is 0.359. The molecule has 0 atom stereocenters. The molecule has 0 radical (unpaired) electrons. The third-order valence-electron chi connectivity index (χ3n) is 5.29. The highest BCUT2D eigenvalue weighted by molar-refractivity contribution is 9.10. The first-order valence-electron chi connectivity index (χ1n) is 9.85. The van der Waals surface area contributed by atoms with Crippen molar-refractivity contribution in [3.8, 4) is 11.1 Å². The van der Waals surface area contributed by atoms with E-state index in [2.05, 4.69) is 78.0 Å². The number of nitrogens with zero attached hydrogens (tertiary/aromatic N) is 5. The number of hydrogen-bond acceptors (Lipinski definition) is 5. The molecule has 2 aromatic heterocycles. The van der Waals surface area contributed by atoms with Crippen LogP contribution in [0.3, 0.4) is 0 Å². The smallest absolute Gasteiger partial charge is 0.265 e. The molecule has 2 heterocycles. The van der Waals surface area contributed by atoms with Crippen molar-refractivity contribution in [2.24, 2.45) is 12.1 Å². The second-order valence-corrected chi connectivity index (χ2v) is 8.20. The quantitative estimate of drug-likeness (QED) is 0.267. The summed E-state index contributed by atoms with van der Waals surface area (Å²) in [6, 6.07) is 24.7. The first kappa shape index (κ1) is 19.4. The standard InChI is InChI=1S/C24H19BrN6/c1-15(16-8-10-18(11-9-16)17-6-4-3-5-7-17)27-29-24-26-23-22(28-30-24)20-14-19(25)12-13-21(20)31(23)2/h3-14H,1-2H3,(H,26,29,30)/b27-15-. The molecular formula is C24H19BrN6. The first-order chi connectivity index (χ1) is 15.1. The Morgan fingerprint density at radius 2 is 1.68 bits per heavy atom. The van der Waals surface area contributed by atoms with E-state index in [1.165, 1.54) is 11.1 Å². The van der Waals surface area contributed by atoms with Gasteiger partial charge in [-0.05, 0) is 41.8 Å². The van der Waals surface area contributed by atoms with Crippen LogP contribution in [0.1, 0.15) is 12.5 Å². The van der Waals surface area contributed by atoms with Gasteiger partial charge in [0.15, 0.2) is 5.65 Å². The molecule has 6 nitrogen and oxygen atoms in total. The topological polar surface area (TPSA) is 68.0 Å². The monoisotopic (exact) mass is 470 g/mol. The van der Waals surface area contributed by atoms with Gasteiger partial charge in [0.2, 0.25) is 0 Å². The van der Waals surface area contributed by atoms with Crippen molar-refractivity contribution < 1.29 is 0 Å². The van der Waals surface area contributed by atoms with E-state index in [4.69, 9.17) is 0 Å². The maximum atomic E-state index is 4.62. The summed E-state index contributed by atoms with van der Waals surface area (Å²) in [4.78, 5) is 4.62. The van der Waals surface area contributed by atoms with Crippen LogP contribution < -0.4 is 5.43 Å². The fraction of sp³-hybridized carbons (Fsp3) is 0.0833. The van der Waals surface area contributed by atoms with Gasteiger partial charge in [-0.2, -0.15) is 10.1 Å². The Labute approximate surface area is 187 Å². The first-order valence-corrected chi connectivity index (χ1v) is 10.6. The second-order valence-electron chi connectivity index (χ2n) is 7.28. The number of benzene rings is 3. The van der Waals surface area contributed by atoms with Crippen molar-refractivity contribution in [2.75, 3.05) is 5.43 Å². The Hall–Kier alpha value is -3.58. The van der Waals surface area contributed by atoms with E-state index in [-0.39, 0.29) is 0 Å². The lowest BCUT2D eigenvalue weighted by atomic mass is 10.0. The maximum Gasteiger partial charge on any atom is 0.265 e. The fourth-order valence-electron chi connectivity index (χ4n) is 3.61. The highest BCUT2D eigenvalue weighted by Crippen LogP contribution is 2.28. The Morgan fingerprint density at radius 3 is 2.45 bits per heavy atom. The van der Waals surface area contributed by atoms with Gasteiger partial charge in [-0.15, -0.1) is 10.2 Å².